The van der Waals surface area contributed by atoms with Gasteiger partial charge in [0.1, 0.15) is 5.82 Å². The van der Waals surface area contributed by atoms with E-state index in [2.05, 4.69) is 9.55 Å². The number of nitro groups is 1. The van der Waals surface area contributed by atoms with E-state index in [1.54, 1.807) is 41.6 Å². The van der Waals surface area contributed by atoms with Gasteiger partial charge in [-0.25, -0.2) is 4.98 Å². The normalized spacial score (nSPS) is 14.5. The molecule has 0 spiro atoms. The Kier molecular flexibility index (Phi) is 7.26. The minimum absolute atomic E-state index is 0.0371. The quantitative estimate of drug-likeness (QED) is 0.237. The monoisotopic (exact) mass is 504 g/mol. The van der Waals surface area contributed by atoms with Crippen LogP contribution >= 0.6 is 35.0 Å². The minimum Gasteiger partial charge on any atom is -0.339 e. The second-order valence-electron chi connectivity index (χ2n) is 7.86. The summed E-state index contributed by atoms with van der Waals surface area (Å²) < 4.78 is 2.07. The van der Waals surface area contributed by atoms with Gasteiger partial charge in [-0.05, 0) is 55.0 Å². The van der Waals surface area contributed by atoms with E-state index in [9.17, 15) is 14.9 Å². The van der Waals surface area contributed by atoms with Crippen molar-refractivity contribution in [3.8, 4) is 0 Å². The van der Waals surface area contributed by atoms with Crippen molar-refractivity contribution in [2.24, 2.45) is 0 Å². The first-order valence-electron chi connectivity index (χ1n) is 10.4. The van der Waals surface area contributed by atoms with E-state index in [0.29, 0.717) is 40.1 Å². The average molecular weight is 505 g/mol. The predicted molar refractivity (Wildman–Crippen MR) is 131 cm³/mol. The molecule has 1 aromatic heterocycles. The molecular formula is C23H22Cl2N4O3S. The molecule has 0 unspecified atom stereocenters. The number of likely N-dealkylation sites (tertiary alicyclic amines) is 1. The molecule has 1 aliphatic rings. The molecule has 1 saturated heterocycles. The first-order chi connectivity index (χ1) is 15.9. The minimum atomic E-state index is -0.444. The maximum atomic E-state index is 13.0. The summed E-state index contributed by atoms with van der Waals surface area (Å²) in [4.78, 5) is 30.8. The molecule has 1 fully saturated rings. The van der Waals surface area contributed by atoms with Gasteiger partial charge in [0.05, 0.1) is 16.4 Å². The molecule has 1 aliphatic heterocycles. The molecule has 0 bridgehead atoms. The molecular weight excluding hydrogens is 483 g/mol. The maximum absolute atomic E-state index is 13.0. The highest BCUT2D eigenvalue weighted by Gasteiger charge is 2.28. The molecule has 0 radical (unpaired) electrons. The fraction of sp³-hybridized carbons (Fsp3) is 0.304. The Bertz CT molecular complexity index is 1190. The van der Waals surface area contributed by atoms with E-state index >= 15 is 0 Å². The molecule has 7 nitrogen and oxygen atoms in total. The summed E-state index contributed by atoms with van der Waals surface area (Å²) in [7, 11) is 0. The lowest BCUT2D eigenvalue weighted by molar-refractivity contribution is -0.387. The van der Waals surface area contributed by atoms with Crippen molar-refractivity contribution in [1.29, 1.82) is 0 Å². The predicted octanol–water partition coefficient (Wildman–Crippen LogP) is 5.89. The zero-order valence-corrected chi connectivity index (χ0v) is 20.2. The van der Waals surface area contributed by atoms with Crippen LogP contribution in [-0.4, -0.2) is 44.6 Å². The summed E-state index contributed by atoms with van der Waals surface area (Å²) in [5, 5.41) is 12.6. The van der Waals surface area contributed by atoms with Gasteiger partial charge in [0, 0.05) is 53.1 Å². The highest BCUT2D eigenvalue weighted by Crippen LogP contribution is 2.31. The molecule has 33 heavy (non-hydrogen) atoms. The molecule has 0 atom stereocenters. The van der Waals surface area contributed by atoms with Crippen LogP contribution in [0.4, 0.5) is 5.69 Å². The summed E-state index contributed by atoms with van der Waals surface area (Å²) in [5.41, 5.74) is 1.23. The Morgan fingerprint density at radius 3 is 2.67 bits per heavy atom. The van der Waals surface area contributed by atoms with Crippen LogP contribution < -0.4 is 0 Å². The third-order valence-corrected chi connectivity index (χ3v) is 7.25. The van der Waals surface area contributed by atoms with E-state index in [0.717, 1.165) is 24.2 Å². The number of benzene rings is 2. The lowest BCUT2D eigenvalue weighted by Crippen LogP contribution is -2.38. The largest absolute Gasteiger partial charge is 0.339 e. The van der Waals surface area contributed by atoms with E-state index < -0.39 is 4.92 Å². The number of hydrogen-bond donors (Lipinski definition) is 0. The highest BCUT2D eigenvalue weighted by atomic mass is 35.5. The van der Waals surface area contributed by atoms with Crippen LogP contribution in [0.2, 0.25) is 10.0 Å². The number of hydrogen-bond acceptors (Lipinski definition) is 5. The molecule has 0 saturated carbocycles. The van der Waals surface area contributed by atoms with Gasteiger partial charge in [0.2, 0.25) is 0 Å². The number of nitro benzene ring substituents is 1. The number of halogens is 2. The molecule has 2 heterocycles. The Morgan fingerprint density at radius 2 is 1.97 bits per heavy atom. The molecule has 2 aromatic carbocycles. The van der Waals surface area contributed by atoms with Crippen LogP contribution in [-0.2, 0) is 6.54 Å². The van der Waals surface area contributed by atoms with Gasteiger partial charge in [0.15, 0.2) is 0 Å². The van der Waals surface area contributed by atoms with Crippen molar-refractivity contribution in [1.82, 2.24) is 14.5 Å². The molecule has 1 amide bonds. The Labute approximate surface area is 205 Å². The van der Waals surface area contributed by atoms with Gasteiger partial charge in [-0.3, -0.25) is 14.9 Å². The maximum Gasteiger partial charge on any atom is 0.283 e. The van der Waals surface area contributed by atoms with Crippen molar-refractivity contribution in [3.63, 3.8) is 0 Å². The van der Waals surface area contributed by atoms with Crippen LogP contribution in [0.25, 0.3) is 0 Å². The number of imidazole rings is 1. The second-order valence-corrected chi connectivity index (χ2v) is 9.55. The van der Waals surface area contributed by atoms with Gasteiger partial charge < -0.3 is 9.47 Å². The SMILES string of the molecule is CSc1ccc(C(=O)N2CCC(c3nccn3Cc3cc(Cl)ccc3Cl)CC2)cc1[N+](=O)[O-]. The lowest BCUT2D eigenvalue weighted by Gasteiger charge is -2.32. The summed E-state index contributed by atoms with van der Waals surface area (Å²) in [6.07, 6.45) is 7.00. The van der Waals surface area contributed by atoms with Crippen LogP contribution in [0.15, 0.2) is 53.7 Å². The van der Waals surface area contributed by atoms with E-state index in [-0.39, 0.29) is 17.5 Å². The fourth-order valence-corrected chi connectivity index (χ4v) is 5.07. The number of nitrogens with zero attached hydrogens (tertiary/aromatic N) is 4. The van der Waals surface area contributed by atoms with Crippen LogP contribution in [0.1, 0.15) is 40.5 Å². The van der Waals surface area contributed by atoms with E-state index in [1.807, 2.05) is 12.3 Å². The number of rotatable bonds is 6. The smallest absolute Gasteiger partial charge is 0.283 e. The summed E-state index contributed by atoms with van der Waals surface area (Å²) in [6, 6.07) is 10.1. The third-order valence-electron chi connectivity index (χ3n) is 5.87. The van der Waals surface area contributed by atoms with Gasteiger partial charge in [-0.15, -0.1) is 11.8 Å². The first kappa shape index (κ1) is 23.6. The Hall–Kier alpha value is -2.55. The van der Waals surface area contributed by atoms with Crippen molar-refractivity contribution in [2.45, 2.75) is 30.2 Å². The molecule has 0 N–H and O–H groups in total. The molecule has 0 aliphatic carbocycles. The fourth-order valence-electron chi connectivity index (χ4n) is 4.15. The number of piperidine rings is 1. The van der Waals surface area contributed by atoms with Gasteiger partial charge in [-0.2, -0.15) is 0 Å². The Morgan fingerprint density at radius 1 is 1.21 bits per heavy atom. The molecule has 10 heteroatoms. The third kappa shape index (κ3) is 5.18. The standard InChI is InChI=1S/C23H22Cl2N4O3S/c1-33-21-5-2-16(13-20(21)29(31)32)23(30)27-9-6-15(7-10-27)22-26-8-11-28(22)14-17-12-18(24)3-4-19(17)25/h2-5,8,11-13,15H,6-7,9-10,14H2,1H3. The van der Waals surface area contributed by atoms with Gasteiger partial charge in [-0.1, -0.05) is 23.2 Å². The highest BCUT2D eigenvalue weighted by molar-refractivity contribution is 7.98. The number of carbonyl (C=O) groups excluding carboxylic acids is 1. The van der Waals surface area contributed by atoms with Crippen molar-refractivity contribution >= 4 is 46.6 Å². The average Bonchev–Trinajstić information content (AvgIpc) is 3.28. The molecule has 3 aromatic rings. The zero-order valence-electron chi connectivity index (χ0n) is 17.9. The number of aromatic nitrogens is 2. The summed E-state index contributed by atoms with van der Waals surface area (Å²) in [5.74, 6) is 0.978. The number of thioether (sulfide) groups is 1. The van der Waals surface area contributed by atoms with Crippen molar-refractivity contribution in [3.05, 3.63) is 85.9 Å². The molecule has 4 rings (SSSR count). The molecule has 172 valence electrons. The topological polar surface area (TPSA) is 81.3 Å². The number of carbonyl (C=O) groups is 1. The van der Waals surface area contributed by atoms with Gasteiger partial charge >= 0.3 is 0 Å². The van der Waals surface area contributed by atoms with Crippen LogP contribution in [0, 0.1) is 10.1 Å². The van der Waals surface area contributed by atoms with E-state index in [4.69, 9.17) is 23.2 Å². The first-order valence-corrected chi connectivity index (χ1v) is 12.4. The van der Waals surface area contributed by atoms with Gasteiger partial charge in [0.25, 0.3) is 11.6 Å². The zero-order chi connectivity index (χ0) is 23.5. The van der Waals surface area contributed by atoms with Crippen molar-refractivity contribution in [2.75, 3.05) is 19.3 Å². The second kappa shape index (κ2) is 10.2. The summed E-state index contributed by atoms with van der Waals surface area (Å²) >= 11 is 13.7. The van der Waals surface area contributed by atoms with Crippen LogP contribution in [0.5, 0.6) is 0 Å². The lowest BCUT2D eigenvalue weighted by atomic mass is 9.95. The van der Waals surface area contributed by atoms with Crippen LogP contribution in [0.3, 0.4) is 0 Å². The summed E-state index contributed by atoms with van der Waals surface area (Å²) in [6.45, 7) is 1.69. The van der Waals surface area contributed by atoms with E-state index in [1.165, 1.54) is 17.8 Å². The van der Waals surface area contributed by atoms with Crippen molar-refractivity contribution < 1.29 is 9.72 Å². The Balaban J connectivity index is 1.44. The number of amides is 1.